The van der Waals surface area contributed by atoms with E-state index in [0.717, 1.165) is 6.08 Å². The largest absolute Gasteiger partial charge is 0.512 e. The van der Waals surface area contributed by atoms with Crippen molar-refractivity contribution in [3.8, 4) is 0 Å². The second-order valence-electron chi connectivity index (χ2n) is 2.49. The quantitative estimate of drug-likeness (QED) is 0.262. The van der Waals surface area contributed by atoms with Crippen molar-refractivity contribution in [2.45, 2.75) is 34.6 Å². The van der Waals surface area contributed by atoms with Gasteiger partial charge in [-0.15, -0.1) is 0 Å². The molecule has 0 heterocycles. The Morgan fingerprint density at radius 3 is 1.42 bits per heavy atom. The van der Waals surface area contributed by atoms with E-state index in [0.29, 0.717) is 6.61 Å². The molecule has 4 N–H and O–H groups in total. The van der Waals surface area contributed by atoms with Gasteiger partial charge in [0.25, 0.3) is 0 Å². The molecule has 0 rings (SSSR count). The molecule has 0 aliphatic heterocycles. The van der Waals surface area contributed by atoms with Gasteiger partial charge in [-0.2, -0.15) is 0 Å². The summed E-state index contributed by atoms with van der Waals surface area (Å²) in [6, 6.07) is 0. The molecule has 0 atom stereocenters. The first kappa shape index (κ1) is 31.2. The van der Waals surface area contributed by atoms with Crippen LogP contribution in [-0.4, -0.2) is 52.8 Å². The molecule has 0 saturated carbocycles. The van der Waals surface area contributed by atoms with Crippen LogP contribution in [0.15, 0.2) is 11.8 Å². The van der Waals surface area contributed by atoms with E-state index in [-0.39, 0.29) is 47.3 Å². The van der Waals surface area contributed by atoms with Gasteiger partial charge in [-0.25, -0.2) is 4.79 Å². The van der Waals surface area contributed by atoms with Crippen LogP contribution >= 0.6 is 0 Å². The summed E-state index contributed by atoms with van der Waals surface area (Å²) in [5.41, 5.74) is 0. The third-order valence-electron chi connectivity index (χ3n) is 0.613. The van der Waals surface area contributed by atoms with Crippen LogP contribution in [-0.2, 0) is 31.2 Å². The van der Waals surface area contributed by atoms with Crippen LogP contribution in [0.4, 0.5) is 0 Å². The summed E-state index contributed by atoms with van der Waals surface area (Å²) in [6.07, 6.45) is 1.03. The number of aliphatic hydroxyl groups is 4. The van der Waals surface area contributed by atoms with Crippen molar-refractivity contribution in [2.75, 3.05) is 26.4 Å². The van der Waals surface area contributed by atoms with Gasteiger partial charge in [-0.1, -0.05) is 0 Å². The fourth-order valence-electron chi connectivity index (χ4n) is 0.354. The van der Waals surface area contributed by atoms with Crippen molar-refractivity contribution in [1.82, 2.24) is 0 Å². The normalized spacial score (nSPS) is 8.11. The smallest absolute Gasteiger partial charge is 0.334 e. The first-order valence-corrected chi connectivity index (χ1v) is 5.77. The zero-order chi connectivity index (χ0) is 15.4. The van der Waals surface area contributed by atoms with E-state index in [1.165, 1.54) is 6.92 Å². The molecule has 0 aromatic carbocycles. The molecule has 0 radical (unpaired) electrons. The first-order valence-electron chi connectivity index (χ1n) is 5.77. The van der Waals surface area contributed by atoms with E-state index in [1.54, 1.807) is 27.7 Å². The minimum atomic E-state index is -0.502. The molecular weight excluding hydrogens is 288 g/mol. The molecule has 0 unspecified atom stereocenters. The van der Waals surface area contributed by atoms with Crippen LogP contribution in [0.1, 0.15) is 34.6 Å². The first-order chi connectivity index (χ1) is 8.41. The number of ether oxygens (including phenoxy) is 1. The molecule has 116 valence electrons. The maximum atomic E-state index is 10.4. The Labute approximate surface area is 131 Å². The number of carbonyl (C=O) groups is 1. The fourth-order valence-corrected chi connectivity index (χ4v) is 0.354. The summed E-state index contributed by atoms with van der Waals surface area (Å²) in [5, 5.41) is 31.2. The Hall–Kier alpha value is -0.396. The fraction of sp³-hybridized carbons (Fsp3) is 0.750. The van der Waals surface area contributed by atoms with Gasteiger partial charge in [0, 0.05) is 41.5 Å². The number of allylic oxidation sites excluding steroid dienone is 1. The monoisotopic (exact) mass is 316 g/mol. The molecule has 0 spiro atoms. The molecule has 0 fully saturated rings. The molecule has 0 aliphatic carbocycles. The van der Waals surface area contributed by atoms with Crippen molar-refractivity contribution in [3.63, 3.8) is 0 Å². The Morgan fingerprint density at radius 2 is 1.26 bits per heavy atom. The number of carbonyl (C=O) groups excluding carboxylic acids is 1. The Balaban J connectivity index is -0.0000000548. The third kappa shape index (κ3) is 98.3. The van der Waals surface area contributed by atoms with Crippen molar-refractivity contribution in [2.24, 2.45) is 0 Å². The third-order valence-corrected chi connectivity index (χ3v) is 0.613. The Kier molecular flexibility index (Phi) is 59.1. The van der Waals surface area contributed by atoms with E-state index in [9.17, 15) is 4.79 Å². The Bertz CT molecular complexity index is 165. The van der Waals surface area contributed by atoms with Gasteiger partial charge in [0.2, 0.25) is 0 Å². The van der Waals surface area contributed by atoms with Crippen LogP contribution in [0.3, 0.4) is 0 Å². The molecule has 0 amide bonds. The summed E-state index contributed by atoms with van der Waals surface area (Å²) >= 11 is 0. The summed E-state index contributed by atoms with van der Waals surface area (Å²) < 4.78 is 4.48. The average Bonchev–Trinajstić information content (AvgIpc) is 2.19. The molecule has 19 heavy (non-hydrogen) atoms. The minimum Gasteiger partial charge on any atom is -0.512 e. The number of hydrogen-bond acceptors (Lipinski definition) is 6. The van der Waals surface area contributed by atoms with E-state index >= 15 is 0 Å². The maximum Gasteiger partial charge on any atom is 0.334 e. The second-order valence-corrected chi connectivity index (χ2v) is 2.49. The van der Waals surface area contributed by atoms with Crippen molar-refractivity contribution in [3.05, 3.63) is 11.8 Å². The second kappa shape index (κ2) is 36.0. The average molecular weight is 316 g/mol. The van der Waals surface area contributed by atoms with Crippen LogP contribution in [0, 0.1) is 0 Å². The number of hydrogen-bond donors (Lipinski definition) is 4. The summed E-state index contributed by atoms with van der Waals surface area (Å²) in [7, 11) is 0. The van der Waals surface area contributed by atoms with E-state index in [1.807, 2.05) is 0 Å². The van der Waals surface area contributed by atoms with E-state index in [2.05, 4.69) is 4.74 Å². The summed E-state index contributed by atoms with van der Waals surface area (Å²) in [5.74, 6) is -0.536. The van der Waals surface area contributed by atoms with Crippen molar-refractivity contribution >= 4 is 5.97 Å². The standard InChI is InChI=1S/C6H10O3.3C2H6O.Ti/c1-3-9-6(8)4-5(2)7;3*1-2-3;/h4,7H,3H2,1-2H3;3*3H,2H2,1H3;. The van der Waals surface area contributed by atoms with Gasteiger partial charge in [0.15, 0.2) is 0 Å². The summed E-state index contributed by atoms with van der Waals surface area (Å²) in [6.45, 7) is 9.25. The van der Waals surface area contributed by atoms with Gasteiger partial charge in [0.1, 0.15) is 0 Å². The number of rotatable bonds is 2. The van der Waals surface area contributed by atoms with Crippen LogP contribution in [0.5, 0.6) is 0 Å². The van der Waals surface area contributed by atoms with Crippen LogP contribution < -0.4 is 0 Å². The topological polar surface area (TPSA) is 107 Å². The predicted molar refractivity (Wildman–Crippen MR) is 71.3 cm³/mol. The molecule has 0 bridgehead atoms. The Morgan fingerprint density at radius 1 is 1.00 bits per heavy atom. The molecule has 7 heteroatoms. The van der Waals surface area contributed by atoms with E-state index < -0.39 is 5.97 Å². The zero-order valence-corrected chi connectivity index (χ0v) is 14.1. The number of esters is 1. The molecule has 0 saturated heterocycles. The molecular formula is C12H28O6Ti. The summed E-state index contributed by atoms with van der Waals surface area (Å²) in [4.78, 5) is 10.4. The molecule has 0 aliphatic rings. The predicted octanol–water partition coefficient (Wildman–Crippen LogP) is 1.00. The molecule has 0 aromatic rings. The maximum absolute atomic E-state index is 10.4. The van der Waals surface area contributed by atoms with Crippen LogP contribution in [0.2, 0.25) is 0 Å². The number of aliphatic hydroxyl groups excluding tert-OH is 4. The minimum absolute atomic E-state index is 0. The van der Waals surface area contributed by atoms with Gasteiger partial charge >= 0.3 is 5.97 Å². The molecule has 6 nitrogen and oxygen atoms in total. The molecule has 0 aromatic heterocycles. The van der Waals surface area contributed by atoms with E-state index in [4.69, 9.17) is 20.4 Å². The van der Waals surface area contributed by atoms with Crippen molar-refractivity contribution in [1.29, 1.82) is 0 Å². The van der Waals surface area contributed by atoms with Crippen LogP contribution in [0.25, 0.3) is 0 Å². The van der Waals surface area contributed by atoms with Crippen molar-refractivity contribution < 1.29 is 51.7 Å². The van der Waals surface area contributed by atoms with Gasteiger partial charge < -0.3 is 25.2 Å². The van der Waals surface area contributed by atoms with Gasteiger partial charge in [0.05, 0.1) is 18.4 Å². The van der Waals surface area contributed by atoms with Gasteiger partial charge in [-0.05, 0) is 34.6 Å². The zero-order valence-electron chi connectivity index (χ0n) is 12.5. The van der Waals surface area contributed by atoms with Gasteiger partial charge in [-0.3, -0.25) is 0 Å². The SMILES string of the molecule is CCO.CCO.CCO.CCOC(=O)C=C(C)O.[Ti].